The fraction of sp³-hybridized carbons (Fsp3) is 0.529. The maximum atomic E-state index is 12.6. The van der Waals surface area contributed by atoms with E-state index in [2.05, 4.69) is 0 Å². The number of halogens is 3. The van der Waals surface area contributed by atoms with Gasteiger partial charge in [0.25, 0.3) is 0 Å². The van der Waals surface area contributed by atoms with Gasteiger partial charge in [-0.15, -0.1) is 0 Å². The summed E-state index contributed by atoms with van der Waals surface area (Å²) in [5, 5.41) is 25.8. The third-order valence-electron chi connectivity index (χ3n) is 3.09. The third kappa shape index (κ3) is 7.03. The van der Waals surface area contributed by atoms with Crippen LogP contribution in [0.2, 0.25) is 0 Å². The Morgan fingerprint density at radius 2 is 1.88 bits per heavy atom. The predicted molar refractivity (Wildman–Crippen MR) is 88.7 cm³/mol. The number of phenols is 1. The summed E-state index contributed by atoms with van der Waals surface area (Å²) in [6.45, 7) is 5.86. The first-order valence-electron chi connectivity index (χ1n) is 8.04. The van der Waals surface area contributed by atoms with E-state index >= 15 is 0 Å². The quantitative estimate of drug-likeness (QED) is 0.467. The predicted octanol–water partition coefficient (Wildman–Crippen LogP) is 4.54. The molecular formula is C17H24F3NO4. The van der Waals surface area contributed by atoms with Crippen LogP contribution >= 0.6 is 0 Å². The number of aliphatic carboxylic acids is 1. The van der Waals surface area contributed by atoms with Crippen molar-refractivity contribution in [3.63, 3.8) is 0 Å². The van der Waals surface area contributed by atoms with E-state index in [9.17, 15) is 23.1 Å². The highest BCUT2D eigenvalue weighted by molar-refractivity contribution is 6.04. The average Bonchev–Trinajstić information content (AvgIpc) is 2.54. The van der Waals surface area contributed by atoms with Crippen LogP contribution in [-0.4, -0.2) is 34.7 Å². The fourth-order valence-electron chi connectivity index (χ4n) is 2.00. The molecule has 8 heteroatoms. The Labute approximate surface area is 144 Å². The standard InChI is InChI=1S/C15H18F3NO4.C2H6/c1-2-4-9-11(23-8-3-5-12(20)21)7-6-10(13(9)22)14(19)15(16,17)18;1-2/h6-7,19,22H,2-5,8H2,1H3,(H,20,21);1-2H3. The molecule has 0 amide bonds. The molecule has 25 heavy (non-hydrogen) atoms. The first-order chi connectivity index (χ1) is 11.7. The second kappa shape index (κ2) is 10.6. The van der Waals surface area contributed by atoms with Crippen molar-refractivity contribution in [3.05, 3.63) is 23.3 Å². The first kappa shape index (κ1) is 22.8. The van der Waals surface area contributed by atoms with Crippen molar-refractivity contribution in [2.75, 3.05) is 6.61 Å². The lowest BCUT2D eigenvalue weighted by molar-refractivity contribution is -0.137. The number of carboxylic acid groups (broad SMARTS) is 1. The van der Waals surface area contributed by atoms with E-state index in [4.69, 9.17) is 15.3 Å². The van der Waals surface area contributed by atoms with Crippen LogP contribution in [0.15, 0.2) is 12.1 Å². The number of alkyl halides is 3. The molecule has 5 nitrogen and oxygen atoms in total. The lowest BCUT2D eigenvalue weighted by atomic mass is 10.00. The van der Waals surface area contributed by atoms with Gasteiger partial charge >= 0.3 is 12.1 Å². The van der Waals surface area contributed by atoms with Crippen LogP contribution in [-0.2, 0) is 11.2 Å². The van der Waals surface area contributed by atoms with Crippen molar-refractivity contribution >= 4 is 11.7 Å². The number of hydrogen-bond donors (Lipinski definition) is 3. The number of hydrogen-bond acceptors (Lipinski definition) is 4. The molecule has 1 aromatic rings. The van der Waals surface area contributed by atoms with Gasteiger partial charge in [0.2, 0.25) is 0 Å². The van der Waals surface area contributed by atoms with E-state index in [-0.39, 0.29) is 37.2 Å². The zero-order valence-corrected chi connectivity index (χ0v) is 14.5. The molecule has 0 aliphatic heterocycles. The molecule has 1 rings (SSSR count). The number of rotatable bonds is 8. The van der Waals surface area contributed by atoms with E-state index in [1.165, 1.54) is 6.07 Å². The molecule has 0 aliphatic rings. The molecule has 1 aromatic carbocycles. The van der Waals surface area contributed by atoms with Crippen LogP contribution < -0.4 is 4.74 Å². The number of nitrogens with one attached hydrogen (secondary N) is 1. The molecule has 0 saturated carbocycles. The van der Waals surface area contributed by atoms with E-state index in [1.807, 2.05) is 13.8 Å². The normalized spacial score (nSPS) is 10.6. The number of carboxylic acids is 1. The van der Waals surface area contributed by atoms with Crippen molar-refractivity contribution in [2.24, 2.45) is 0 Å². The lowest BCUT2D eigenvalue weighted by Gasteiger charge is -2.16. The number of phenolic OH excluding ortho intramolecular Hbond substituents is 1. The molecule has 0 saturated heterocycles. The highest BCUT2D eigenvalue weighted by atomic mass is 19.4. The molecule has 0 fully saturated rings. The minimum Gasteiger partial charge on any atom is -0.507 e. The minimum atomic E-state index is -4.86. The van der Waals surface area contributed by atoms with E-state index in [1.54, 1.807) is 6.92 Å². The largest absolute Gasteiger partial charge is 0.507 e. The third-order valence-corrected chi connectivity index (χ3v) is 3.09. The minimum absolute atomic E-state index is 0.0680. The van der Waals surface area contributed by atoms with Crippen LogP contribution in [0, 0.1) is 5.41 Å². The molecule has 0 aromatic heterocycles. The van der Waals surface area contributed by atoms with Crippen LogP contribution in [0.1, 0.15) is 51.2 Å². The average molecular weight is 363 g/mol. The fourth-order valence-corrected chi connectivity index (χ4v) is 2.00. The zero-order valence-electron chi connectivity index (χ0n) is 14.5. The summed E-state index contributed by atoms with van der Waals surface area (Å²) < 4.78 is 43.3. The molecule has 0 unspecified atom stereocenters. The SMILES string of the molecule is CC.CCCc1c(OCCCC(=O)O)ccc(C(=N)C(F)(F)F)c1O. The second-order valence-electron chi connectivity index (χ2n) is 4.91. The van der Waals surface area contributed by atoms with Gasteiger partial charge in [-0.1, -0.05) is 27.2 Å². The van der Waals surface area contributed by atoms with Crippen molar-refractivity contribution in [1.82, 2.24) is 0 Å². The first-order valence-corrected chi connectivity index (χ1v) is 8.04. The Kier molecular flexibility index (Phi) is 9.63. The van der Waals surface area contributed by atoms with Gasteiger partial charge in [0.05, 0.1) is 6.61 Å². The van der Waals surface area contributed by atoms with Crippen molar-refractivity contribution in [3.8, 4) is 11.5 Å². The van der Waals surface area contributed by atoms with Crippen molar-refractivity contribution < 1.29 is 32.9 Å². The van der Waals surface area contributed by atoms with Crippen LogP contribution in [0.5, 0.6) is 11.5 Å². The van der Waals surface area contributed by atoms with Crippen molar-refractivity contribution in [2.45, 2.75) is 52.6 Å². The summed E-state index contributed by atoms with van der Waals surface area (Å²) in [4.78, 5) is 10.4. The van der Waals surface area contributed by atoms with Crippen LogP contribution in [0.25, 0.3) is 0 Å². The number of carbonyl (C=O) groups is 1. The summed E-state index contributed by atoms with van der Waals surface area (Å²) in [7, 11) is 0. The molecule has 0 atom stereocenters. The molecule has 0 heterocycles. The molecule has 0 spiro atoms. The molecule has 0 radical (unpaired) electrons. The van der Waals surface area contributed by atoms with Gasteiger partial charge in [-0.05, 0) is 25.0 Å². The van der Waals surface area contributed by atoms with Gasteiger partial charge in [0, 0.05) is 17.5 Å². The summed E-state index contributed by atoms with van der Waals surface area (Å²) in [6.07, 6.45) is -3.88. The highest BCUT2D eigenvalue weighted by Crippen LogP contribution is 2.35. The van der Waals surface area contributed by atoms with Gasteiger partial charge in [-0.2, -0.15) is 13.2 Å². The Morgan fingerprint density at radius 1 is 1.28 bits per heavy atom. The number of benzene rings is 1. The summed E-state index contributed by atoms with van der Waals surface area (Å²) >= 11 is 0. The van der Waals surface area contributed by atoms with E-state index in [0.29, 0.717) is 6.42 Å². The summed E-state index contributed by atoms with van der Waals surface area (Å²) in [5.74, 6) is -1.39. The van der Waals surface area contributed by atoms with Crippen LogP contribution in [0.3, 0.4) is 0 Å². The van der Waals surface area contributed by atoms with Gasteiger partial charge in [-0.3, -0.25) is 10.2 Å². The smallest absolute Gasteiger partial charge is 0.433 e. The Bertz CT molecular complexity index is 586. The van der Waals surface area contributed by atoms with Crippen molar-refractivity contribution in [1.29, 1.82) is 5.41 Å². The van der Waals surface area contributed by atoms with Gasteiger partial charge in [-0.25, -0.2) is 0 Å². The molecule has 0 aliphatic carbocycles. The van der Waals surface area contributed by atoms with Gasteiger partial charge in [0.15, 0.2) is 0 Å². The lowest BCUT2D eigenvalue weighted by Crippen LogP contribution is -2.23. The second-order valence-corrected chi connectivity index (χ2v) is 4.91. The van der Waals surface area contributed by atoms with Gasteiger partial charge in [0.1, 0.15) is 17.2 Å². The summed E-state index contributed by atoms with van der Waals surface area (Å²) in [6, 6.07) is 2.25. The topological polar surface area (TPSA) is 90.6 Å². The zero-order chi connectivity index (χ0) is 19.6. The Morgan fingerprint density at radius 3 is 2.36 bits per heavy atom. The Hall–Kier alpha value is -2.25. The number of ether oxygens (including phenoxy) is 1. The van der Waals surface area contributed by atoms with Gasteiger partial charge < -0.3 is 14.9 Å². The number of aromatic hydroxyl groups is 1. The molecule has 142 valence electrons. The van der Waals surface area contributed by atoms with Crippen LogP contribution in [0.4, 0.5) is 13.2 Å². The maximum absolute atomic E-state index is 12.6. The molecule has 3 N–H and O–H groups in total. The van der Waals surface area contributed by atoms with E-state index in [0.717, 1.165) is 6.07 Å². The Balaban J connectivity index is 0.00000277. The maximum Gasteiger partial charge on any atom is 0.433 e. The monoisotopic (exact) mass is 363 g/mol. The van der Waals surface area contributed by atoms with E-state index < -0.39 is 29.2 Å². The molecular weight excluding hydrogens is 339 g/mol. The highest BCUT2D eigenvalue weighted by Gasteiger charge is 2.37. The summed E-state index contributed by atoms with van der Waals surface area (Å²) in [5.41, 5.74) is -2.03. The molecule has 0 bridgehead atoms.